The lowest BCUT2D eigenvalue weighted by Gasteiger charge is -2.22. The highest BCUT2D eigenvalue weighted by Gasteiger charge is 2.19. The smallest absolute Gasteiger partial charge is 0.00937 e. The molecule has 0 aliphatic rings. The molecule has 4 rings (SSSR count). The zero-order valence-corrected chi connectivity index (χ0v) is 21.2. The van der Waals surface area contributed by atoms with Gasteiger partial charge in [-0.1, -0.05) is 96.1 Å². The van der Waals surface area contributed by atoms with Crippen molar-refractivity contribution in [1.29, 1.82) is 0 Å². The molecule has 0 unspecified atom stereocenters. The first-order valence-corrected chi connectivity index (χ1v) is 12.0. The van der Waals surface area contributed by atoms with Gasteiger partial charge in [-0.25, -0.2) is 0 Å². The summed E-state index contributed by atoms with van der Waals surface area (Å²) in [7, 11) is 0. The van der Waals surface area contributed by atoms with Crippen LogP contribution in [0.1, 0.15) is 55.6 Å². The van der Waals surface area contributed by atoms with Crippen molar-refractivity contribution in [2.75, 3.05) is 0 Å². The predicted octanol–water partition coefficient (Wildman–Crippen LogP) is 9.32. The summed E-state index contributed by atoms with van der Waals surface area (Å²) in [6.07, 6.45) is 4.72. The highest BCUT2D eigenvalue weighted by molar-refractivity contribution is 6.17. The Kier molecular flexibility index (Phi) is 6.98. The first-order valence-electron chi connectivity index (χ1n) is 12.0. The van der Waals surface area contributed by atoms with E-state index in [4.69, 9.17) is 0 Å². The number of benzene rings is 4. The fourth-order valence-electron chi connectivity index (χ4n) is 5.21. The van der Waals surface area contributed by atoms with E-state index in [2.05, 4.69) is 139 Å². The van der Waals surface area contributed by atoms with Crippen LogP contribution < -0.4 is 0 Å². The second-order valence-corrected chi connectivity index (χ2v) is 9.48. The van der Waals surface area contributed by atoms with Crippen LogP contribution in [-0.2, 0) is 0 Å². The minimum absolute atomic E-state index is 1.21. The van der Waals surface area contributed by atoms with Crippen LogP contribution in [0.25, 0.3) is 23.3 Å². The molecule has 0 fully saturated rings. The number of hydrogen-bond acceptors (Lipinski definition) is 0. The molecule has 0 saturated carbocycles. The van der Waals surface area contributed by atoms with Gasteiger partial charge >= 0.3 is 0 Å². The number of hydrogen-bond donors (Lipinski definition) is 0. The summed E-state index contributed by atoms with van der Waals surface area (Å²) in [5, 5.41) is 0. The van der Waals surface area contributed by atoms with Gasteiger partial charge in [0.15, 0.2) is 0 Å². The molecule has 0 aliphatic carbocycles. The molecule has 0 radical (unpaired) electrons. The van der Waals surface area contributed by atoms with E-state index in [1.165, 1.54) is 66.8 Å². The first-order chi connectivity index (χ1) is 16.3. The minimum atomic E-state index is 1.21. The number of allylic oxidation sites excluding steroid dienone is 2. The lowest BCUT2D eigenvalue weighted by Crippen LogP contribution is -2.02. The van der Waals surface area contributed by atoms with E-state index in [-0.39, 0.29) is 0 Å². The molecule has 0 N–H and O–H groups in total. The van der Waals surface area contributed by atoms with Crippen LogP contribution in [0.4, 0.5) is 0 Å². The van der Waals surface area contributed by atoms with Gasteiger partial charge in [-0.15, -0.1) is 0 Å². The van der Waals surface area contributed by atoms with E-state index in [0.717, 1.165) is 0 Å². The van der Waals surface area contributed by atoms with Crippen LogP contribution in [0.3, 0.4) is 0 Å². The second kappa shape index (κ2) is 10.1. The molecular formula is C34H34. The van der Waals surface area contributed by atoms with Crippen molar-refractivity contribution in [1.82, 2.24) is 0 Å². The third kappa shape index (κ3) is 5.13. The van der Waals surface area contributed by atoms with E-state index in [1.807, 2.05) is 0 Å². The summed E-state index contributed by atoms with van der Waals surface area (Å²) in [5.41, 5.74) is 15.4. The maximum atomic E-state index is 2.36. The van der Waals surface area contributed by atoms with Gasteiger partial charge in [-0.3, -0.25) is 0 Å². The highest BCUT2D eigenvalue weighted by atomic mass is 14.2. The van der Waals surface area contributed by atoms with Gasteiger partial charge < -0.3 is 0 Å². The SMILES string of the molecule is Cc1cc(C)c(C(=Cc2ccccc2)C(=Cc2ccccc2)c2c(C)cc(C)cc2C)c(C)c1. The fourth-order valence-corrected chi connectivity index (χ4v) is 5.21. The van der Waals surface area contributed by atoms with Gasteiger partial charge in [0.2, 0.25) is 0 Å². The summed E-state index contributed by atoms with van der Waals surface area (Å²) in [4.78, 5) is 0. The molecule has 0 atom stereocenters. The zero-order chi connectivity index (χ0) is 24.2. The molecule has 34 heavy (non-hydrogen) atoms. The minimum Gasteiger partial charge on any atom is -0.0622 e. The third-order valence-corrected chi connectivity index (χ3v) is 6.40. The van der Waals surface area contributed by atoms with Gasteiger partial charge in [0.25, 0.3) is 0 Å². The molecule has 0 nitrogen and oxygen atoms in total. The molecule has 0 amide bonds. The van der Waals surface area contributed by atoms with Gasteiger partial charge in [0, 0.05) is 0 Å². The Labute approximate surface area is 205 Å². The Morgan fingerprint density at radius 2 is 0.735 bits per heavy atom. The van der Waals surface area contributed by atoms with Crippen LogP contribution in [-0.4, -0.2) is 0 Å². The summed E-state index contributed by atoms with van der Waals surface area (Å²) >= 11 is 0. The molecule has 0 bridgehead atoms. The monoisotopic (exact) mass is 442 g/mol. The summed E-state index contributed by atoms with van der Waals surface area (Å²) in [6, 6.07) is 30.6. The Morgan fingerprint density at radius 3 is 1.03 bits per heavy atom. The summed E-state index contributed by atoms with van der Waals surface area (Å²) in [5.74, 6) is 0. The predicted molar refractivity (Wildman–Crippen MR) is 150 cm³/mol. The van der Waals surface area contributed by atoms with Crippen molar-refractivity contribution in [3.63, 3.8) is 0 Å². The van der Waals surface area contributed by atoms with Gasteiger partial charge in [0.05, 0.1) is 0 Å². The molecule has 170 valence electrons. The summed E-state index contributed by atoms with van der Waals surface area (Å²) < 4.78 is 0. The Morgan fingerprint density at radius 1 is 0.441 bits per heavy atom. The van der Waals surface area contributed by atoms with Gasteiger partial charge in [-0.2, -0.15) is 0 Å². The molecule has 0 heteroatoms. The average molecular weight is 443 g/mol. The molecule has 4 aromatic carbocycles. The van der Waals surface area contributed by atoms with Crippen molar-refractivity contribution in [3.8, 4) is 0 Å². The van der Waals surface area contributed by atoms with Crippen molar-refractivity contribution in [3.05, 3.63) is 141 Å². The van der Waals surface area contributed by atoms with E-state index in [1.54, 1.807) is 0 Å². The van der Waals surface area contributed by atoms with E-state index < -0.39 is 0 Å². The molecule has 0 spiro atoms. The maximum Gasteiger partial charge on any atom is -0.00937 e. The van der Waals surface area contributed by atoms with Gasteiger partial charge in [0.1, 0.15) is 0 Å². The standard InChI is InChI=1S/C34H34/c1-23-17-25(3)33(26(4)18-23)31(21-29-13-9-7-10-14-29)32(22-30-15-11-8-12-16-30)34-27(5)19-24(2)20-28(34)6/h7-22H,1-6H3. The third-order valence-electron chi connectivity index (χ3n) is 6.40. The summed E-state index contributed by atoms with van der Waals surface area (Å²) in [6.45, 7) is 13.3. The largest absolute Gasteiger partial charge is 0.0622 e. The Hall–Kier alpha value is -3.64. The van der Waals surface area contributed by atoms with E-state index in [9.17, 15) is 0 Å². The van der Waals surface area contributed by atoms with Crippen molar-refractivity contribution >= 4 is 23.3 Å². The van der Waals surface area contributed by atoms with Crippen molar-refractivity contribution in [2.45, 2.75) is 41.5 Å². The first kappa shape index (κ1) is 23.5. The van der Waals surface area contributed by atoms with E-state index in [0.29, 0.717) is 0 Å². The molecule has 0 heterocycles. The zero-order valence-electron chi connectivity index (χ0n) is 21.2. The van der Waals surface area contributed by atoms with E-state index >= 15 is 0 Å². The van der Waals surface area contributed by atoms with Crippen molar-refractivity contribution < 1.29 is 0 Å². The van der Waals surface area contributed by atoms with Crippen LogP contribution in [0.15, 0.2) is 84.9 Å². The lowest BCUT2D eigenvalue weighted by atomic mass is 9.81. The normalized spacial score (nSPS) is 12.2. The average Bonchev–Trinajstić information content (AvgIpc) is 2.78. The van der Waals surface area contributed by atoms with Crippen LogP contribution in [0.5, 0.6) is 0 Å². The fraction of sp³-hybridized carbons (Fsp3) is 0.176. The molecule has 4 aromatic rings. The van der Waals surface area contributed by atoms with Gasteiger partial charge in [-0.05, 0) is 109 Å². The highest BCUT2D eigenvalue weighted by Crippen LogP contribution is 2.40. The molecule has 0 aromatic heterocycles. The topological polar surface area (TPSA) is 0 Å². The maximum absolute atomic E-state index is 2.36. The Balaban J connectivity index is 2.10. The molecular weight excluding hydrogens is 408 g/mol. The van der Waals surface area contributed by atoms with Crippen LogP contribution >= 0.6 is 0 Å². The van der Waals surface area contributed by atoms with Crippen LogP contribution in [0, 0.1) is 41.5 Å². The quantitative estimate of drug-likeness (QED) is 0.213. The number of rotatable bonds is 5. The second-order valence-electron chi connectivity index (χ2n) is 9.48. The molecule has 0 aliphatic heterocycles. The number of aryl methyl sites for hydroxylation is 6. The van der Waals surface area contributed by atoms with Crippen LogP contribution in [0.2, 0.25) is 0 Å². The Bertz CT molecular complexity index is 1210. The van der Waals surface area contributed by atoms with Crippen molar-refractivity contribution in [2.24, 2.45) is 0 Å². The lowest BCUT2D eigenvalue weighted by molar-refractivity contribution is 1.28. The molecule has 0 saturated heterocycles.